The van der Waals surface area contributed by atoms with Gasteiger partial charge in [-0.25, -0.2) is 8.42 Å². The lowest BCUT2D eigenvalue weighted by Gasteiger charge is -2.14. The molecule has 0 spiro atoms. The fourth-order valence-corrected chi connectivity index (χ4v) is 2.76. The second-order valence-corrected chi connectivity index (χ2v) is 7.34. The van der Waals surface area contributed by atoms with Crippen molar-refractivity contribution in [3.8, 4) is 5.75 Å². The third-order valence-electron chi connectivity index (χ3n) is 3.13. The third kappa shape index (κ3) is 5.86. The summed E-state index contributed by atoms with van der Waals surface area (Å²) in [4.78, 5) is 11.5. The molecular formula is C17H18ClNO4S. The Hall–Kier alpha value is -2.05. The van der Waals surface area contributed by atoms with Crippen molar-refractivity contribution in [1.82, 2.24) is 0 Å². The number of nitrogens with one attached hydrogen (secondary N) is 1. The summed E-state index contributed by atoms with van der Waals surface area (Å²) in [6, 6.07) is 14.5. The number of hydrogen-bond donors (Lipinski definition) is 1. The van der Waals surface area contributed by atoms with E-state index < -0.39 is 10.0 Å². The normalized spacial score (nSPS) is 11.1. The first-order valence-electron chi connectivity index (χ1n) is 7.22. The maximum absolute atomic E-state index is 11.6. The highest BCUT2D eigenvalue weighted by atomic mass is 35.5. The molecule has 0 saturated heterocycles. The molecule has 1 N–H and O–H groups in total. The number of carbonyl (C=O) groups excluding carboxylic acids is 1. The van der Waals surface area contributed by atoms with Crippen LogP contribution in [0.1, 0.15) is 11.1 Å². The van der Waals surface area contributed by atoms with Gasteiger partial charge in [-0.2, -0.15) is 0 Å². The first kappa shape index (κ1) is 18.3. The number of alkyl halides is 1. The van der Waals surface area contributed by atoms with Crippen molar-refractivity contribution in [2.24, 2.45) is 0 Å². The maximum Gasteiger partial charge on any atom is 0.229 e. The van der Waals surface area contributed by atoms with Gasteiger partial charge in [0.1, 0.15) is 12.4 Å². The van der Waals surface area contributed by atoms with Gasteiger partial charge in [0, 0.05) is 6.42 Å². The number of benzene rings is 2. The predicted octanol–water partition coefficient (Wildman–Crippen LogP) is 2.99. The van der Waals surface area contributed by atoms with Crippen LogP contribution in [0.25, 0.3) is 0 Å². The van der Waals surface area contributed by atoms with E-state index >= 15 is 0 Å². The largest absolute Gasteiger partial charge is 0.487 e. The summed E-state index contributed by atoms with van der Waals surface area (Å²) in [6.45, 7) is 0.305. The highest BCUT2D eigenvalue weighted by Crippen LogP contribution is 2.28. The molecule has 5 nitrogen and oxygen atoms in total. The highest BCUT2D eigenvalue weighted by molar-refractivity contribution is 7.92. The molecule has 0 unspecified atom stereocenters. The second-order valence-electron chi connectivity index (χ2n) is 5.33. The van der Waals surface area contributed by atoms with E-state index in [2.05, 4.69) is 4.72 Å². The Morgan fingerprint density at radius 1 is 1.12 bits per heavy atom. The van der Waals surface area contributed by atoms with E-state index in [0.717, 1.165) is 11.8 Å². The van der Waals surface area contributed by atoms with Crippen molar-refractivity contribution in [2.45, 2.75) is 13.0 Å². The van der Waals surface area contributed by atoms with Gasteiger partial charge in [0.05, 0.1) is 17.8 Å². The van der Waals surface area contributed by atoms with Crippen LogP contribution in [0.15, 0.2) is 48.5 Å². The zero-order valence-corrected chi connectivity index (χ0v) is 14.7. The van der Waals surface area contributed by atoms with E-state index in [4.69, 9.17) is 16.3 Å². The molecular weight excluding hydrogens is 350 g/mol. The number of ketones is 1. The minimum atomic E-state index is -3.47. The molecule has 2 aromatic carbocycles. The maximum atomic E-state index is 11.6. The summed E-state index contributed by atoms with van der Waals surface area (Å²) in [7, 11) is -3.47. The average Bonchev–Trinajstić information content (AvgIpc) is 2.53. The average molecular weight is 368 g/mol. The summed E-state index contributed by atoms with van der Waals surface area (Å²) in [5.41, 5.74) is 1.93. The first-order chi connectivity index (χ1) is 11.4. The molecule has 0 radical (unpaired) electrons. The van der Waals surface area contributed by atoms with E-state index in [-0.39, 0.29) is 18.1 Å². The zero-order valence-electron chi connectivity index (χ0n) is 13.2. The number of ether oxygens (including phenoxy) is 1. The van der Waals surface area contributed by atoms with Crippen LogP contribution in [0.4, 0.5) is 5.69 Å². The van der Waals surface area contributed by atoms with Crippen molar-refractivity contribution >= 4 is 33.1 Å². The fourth-order valence-electron chi connectivity index (χ4n) is 2.10. The van der Waals surface area contributed by atoms with Gasteiger partial charge in [-0.05, 0) is 23.3 Å². The Bertz CT molecular complexity index is 807. The molecule has 2 rings (SSSR count). The Morgan fingerprint density at radius 3 is 2.46 bits per heavy atom. The molecule has 0 aliphatic heterocycles. The minimum absolute atomic E-state index is 0.0822. The summed E-state index contributed by atoms with van der Waals surface area (Å²) >= 11 is 5.51. The van der Waals surface area contributed by atoms with E-state index in [1.54, 1.807) is 18.2 Å². The molecule has 2 aromatic rings. The summed E-state index contributed by atoms with van der Waals surface area (Å²) in [5, 5.41) is 0. The van der Waals surface area contributed by atoms with Crippen molar-refractivity contribution < 1.29 is 17.9 Å². The van der Waals surface area contributed by atoms with Gasteiger partial charge in [-0.1, -0.05) is 36.4 Å². The van der Waals surface area contributed by atoms with E-state index in [1.165, 1.54) is 0 Å². The molecule has 0 bridgehead atoms. The van der Waals surface area contributed by atoms with Crippen LogP contribution < -0.4 is 9.46 Å². The predicted molar refractivity (Wildman–Crippen MR) is 95.1 cm³/mol. The van der Waals surface area contributed by atoms with Gasteiger partial charge < -0.3 is 4.74 Å². The molecule has 128 valence electrons. The van der Waals surface area contributed by atoms with Crippen LogP contribution >= 0.6 is 11.6 Å². The van der Waals surface area contributed by atoms with Crippen LogP contribution in [-0.4, -0.2) is 26.3 Å². The van der Waals surface area contributed by atoms with Gasteiger partial charge >= 0.3 is 0 Å². The quantitative estimate of drug-likeness (QED) is 0.728. The molecule has 0 aliphatic carbocycles. The lowest BCUT2D eigenvalue weighted by atomic mass is 10.1. The summed E-state index contributed by atoms with van der Waals surface area (Å²) < 4.78 is 31.3. The van der Waals surface area contributed by atoms with Crippen LogP contribution in [-0.2, 0) is 27.8 Å². The van der Waals surface area contributed by atoms with Crippen LogP contribution in [0.5, 0.6) is 5.75 Å². The summed E-state index contributed by atoms with van der Waals surface area (Å²) in [5.74, 6) is 0.174. The number of Topliss-reactive ketones (excluding diaryl/α,β-unsaturated/α-hetero) is 1. The van der Waals surface area contributed by atoms with E-state index in [9.17, 15) is 13.2 Å². The first-order valence-corrected chi connectivity index (χ1v) is 9.65. The van der Waals surface area contributed by atoms with Gasteiger partial charge in [0.25, 0.3) is 0 Å². The third-order valence-corrected chi connectivity index (χ3v) is 4.02. The second kappa shape index (κ2) is 8.17. The lowest BCUT2D eigenvalue weighted by molar-refractivity contribution is -0.116. The Balaban J connectivity index is 2.23. The number of sulfonamides is 1. The molecule has 0 saturated carbocycles. The molecule has 0 amide bonds. The molecule has 0 fully saturated rings. The fraction of sp³-hybridized carbons (Fsp3) is 0.235. The highest BCUT2D eigenvalue weighted by Gasteiger charge is 2.12. The van der Waals surface area contributed by atoms with Crippen molar-refractivity contribution in [2.75, 3.05) is 16.9 Å². The molecule has 0 aliphatic rings. The molecule has 7 heteroatoms. The number of anilines is 1. The van der Waals surface area contributed by atoms with Crippen LogP contribution in [0, 0.1) is 0 Å². The van der Waals surface area contributed by atoms with Gasteiger partial charge in [-0.3, -0.25) is 9.52 Å². The SMILES string of the molecule is CS(=O)(=O)Nc1cc(CC(=O)CCl)ccc1OCc1ccccc1. The van der Waals surface area contributed by atoms with Crippen molar-refractivity contribution in [1.29, 1.82) is 0 Å². The standard InChI is InChI=1S/C17H18ClNO4S/c1-24(21,22)19-16-10-14(9-15(20)11-18)7-8-17(16)23-12-13-5-3-2-4-6-13/h2-8,10,19H,9,11-12H2,1H3. The Morgan fingerprint density at radius 2 is 1.83 bits per heavy atom. The number of hydrogen-bond acceptors (Lipinski definition) is 4. The molecule has 24 heavy (non-hydrogen) atoms. The van der Waals surface area contributed by atoms with E-state index in [0.29, 0.717) is 23.6 Å². The van der Waals surface area contributed by atoms with Gasteiger partial charge in [0.2, 0.25) is 10.0 Å². The van der Waals surface area contributed by atoms with Gasteiger partial charge in [-0.15, -0.1) is 11.6 Å². The topological polar surface area (TPSA) is 72.5 Å². The summed E-state index contributed by atoms with van der Waals surface area (Å²) in [6.07, 6.45) is 1.20. The zero-order chi connectivity index (χ0) is 17.6. The molecule has 0 atom stereocenters. The monoisotopic (exact) mass is 367 g/mol. The Kier molecular flexibility index (Phi) is 6.23. The minimum Gasteiger partial charge on any atom is -0.487 e. The van der Waals surface area contributed by atoms with E-state index in [1.807, 2.05) is 30.3 Å². The molecule has 0 aromatic heterocycles. The number of carbonyl (C=O) groups is 1. The molecule has 0 heterocycles. The van der Waals surface area contributed by atoms with Crippen molar-refractivity contribution in [3.05, 3.63) is 59.7 Å². The number of halogens is 1. The van der Waals surface area contributed by atoms with Gasteiger partial charge in [0.15, 0.2) is 5.78 Å². The van der Waals surface area contributed by atoms with Crippen LogP contribution in [0.2, 0.25) is 0 Å². The smallest absolute Gasteiger partial charge is 0.229 e. The number of rotatable bonds is 8. The lowest BCUT2D eigenvalue weighted by Crippen LogP contribution is -2.12. The Labute approximate surface area is 146 Å². The van der Waals surface area contributed by atoms with Crippen LogP contribution in [0.3, 0.4) is 0 Å². The van der Waals surface area contributed by atoms with Crippen molar-refractivity contribution in [3.63, 3.8) is 0 Å².